The number of carbonyl (C=O) groups is 1. The summed E-state index contributed by atoms with van der Waals surface area (Å²) < 4.78 is 16.4. The molecule has 0 bridgehead atoms. The van der Waals surface area contributed by atoms with Gasteiger partial charge < -0.3 is 19.7 Å². The van der Waals surface area contributed by atoms with Crippen molar-refractivity contribution in [1.82, 2.24) is 24.7 Å². The molecule has 37 heavy (non-hydrogen) atoms. The molecule has 6 nitrogen and oxygen atoms in total. The van der Waals surface area contributed by atoms with Crippen molar-refractivity contribution < 1.29 is 9.18 Å². The molecule has 196 valence electrons. The van der Waals surface area contributed by atoms with Crippen LogP contribution >= 0.6 is 0 Å². The lowest BCUT2D eigenvalue weighted by atomic mass is 9.97. The molecule has 3 fully saturated rings. The standard InChI is InChI=1S/C30H38FN5O/c1-18(2)34(4)30(37)23-10-22(31)5-6-27(23)36-16-21(29-19(3)11-32-14-28(29)36)9-20-7-8-35(15-20)17-26-24-12-33-13-25(24)26/h5-6,10-11,14,16,18,20,24-26,33H,7-9,12-13,15,17H2,1-4H3/t20-,24-,25+,26+/m0/s1. The molecule has 2 aliphatic heterocycles. The Kier molecular flexibility index (Phi) is 6.32. The molecule has 3 aliphatic rings. The van der Waals surface area contributed by atoms with Gasteiger partial charge in [0.05, 0.1) is 23.0 Å². The third kappa shape index (κ3) is 4.46. The van der Waals surface area contributed by atoms with E-state index in [0.29, 0.717) is 17.2 Å². The van der Waals surface area contributed by atoms with Gasteiger partial charge in [-0.15, -0.1) is 0 Å². The molecule has 0 spiro atoms. The maximum atomic E-state index is 14.3. The van der Waals surface area contributed by atoms with Crippen molar-refractivity contribution in [2.24, 2.45) is 23.7 Å². The van der Waals surface area contributed by atoms with Crippen molar-refractivity contribution in [3.63, 3.8) is 0 Å². The second kappa shape index (κ2) is 9.52. The summed E-state index contributed by atoms with van der Waals surface area (Å²) in [6.07, 6.45) is 8.17. The van der Waals surface area contributed by atoms with Crippen molar-refractivity contribution in [3.05, 3.63) is 59.3 Å². The number of likely N-dealkylation sites (tertiary alicyclic amines) is 1. The van der Waals surface area contributed by atoms with E-state index in [2.05, 4.69) is 32.9 Å². The quantitative estimate of drug-likeness (QED) is 0.523. The van der Waals surface area contributed by atoms with Crippen LogP contribution in [0.1, 0.15) is 41.8 Å². The number of nitrogens with zero attached hydrogens (tertiary/aromatic N) is 4. The van der Waals surface area contributed by atoms with Crippen LogP contribution in [0.15, 0.2) is 36.8 Å². The largest absolute Gasteiger partial charge is 0.339 e. The lowest BCUT2D eigenvalue weighted by Gasteiger charge is -2.23. The maximum Gasteiger partial charge on any atom is 0.256 e. The number of piperidine rings is 1. The predicted molar refractivity (Wildman–Crippen MR) is 145 cm³/mol. The molecular weight excluding hydrogens is 465 g/mol. The molecule has 1 aliphatic carbocycles. The van der Waals surface area contributed by atoms with E-state index < -0.39 is 5.82 Å². The number of aryl methyl sites for hydroxylation is 1. The smallest absolute Gasteiger partial charge is 0.256 e. The van der Waals surface area contributed by atoms with Crippen molar-refractivity contribution in [2.45, 2.75) is 39.7 Å². The molecule has 4 heterocycles. The highest BCUT2D eigenvalue weighted by Crippen LogP contribution is 2.49. The van der Waals surface area contributed by atoms with E-state index in [1.807, 2.05) is 26.2 Å². The van der Waals surface area contributed by atoms with E-state index in [1.54, 1.807) is 18.0 Å². The molecule has 4 atom stereocenters. The second-order valence-corrected chi connectivity index (χ2v) is 11.8. The fraction of sp³-hybridized carbons (Fsp3) is 0.533. The Morgan fingerprint density at radius 2 is 2.03 bits per heavy atom. The molecule has 1 N–H and O–H groups in total. The van der Waals surface area contributed by atoms with Crippen molar-refractivity contribution >= 4 is 16.8 Å². The summed E-state index contributed by atoms with van der Waals surface area (Å²) in [5.41, 5.74) is 4.46. The van der Waals surface area contributed by atoms with E-state index in [-0.39, 0.29) is 11.9 Å². The fourth-order valence-electron chi connectivity index (χ4n) is 6.78. The Balaban J connectivity index is 1.29. The Morgan fingerprint density at radius 3 is 2.78 bits per heavy atom. The summed E-state index contributed by atoms with van der Waals surface area (Å²) in [5.74, 6) is 2.75. The van der Waals surface area contributed by atoms with E-state index in [4.69, 9.17) is 0 Å². The van der Waals surface area contributed by atoms with E-state index in [9.17, 15) is 9.18 Å². The van der Waals surface area contributed by atoms with Gasteiger partial charge in [0.15, 0.2) is 0 Å². The number of nitrogens with one attached hydrogen (secondary N) is 1. The van der Waals surface area contributed by atoms with Crippen molar-refractivity contribution in [3.8, 4) is 5.69 Å². The Hall–Kier alpha value is -2.77. The minimum absolute atomic E-state index is 0.0151. The lowest BCUT2D eigenvalue weighted by molar-refractivity contribution is 0.0754. The molecule has 7 heteroatoms. The number of rotatable bonds is 7. The summed E-state index contributed by atoms with van der Waals surface area (Å²) in [6.45, 7) is 12.0. The van der Waals surface area contributed by atoms with E-state index in [0.717, 1.165) is 41.8 Å². The third-order valence-corrected chi connectivity index (χ3v) is 9.14. The molecule has 2 saturated heterocycles. The predicted octanol–water partition coefficient (Wildman–Crippen LogP) is 4.28. The third-order valence-electron chi connectivity index (χ3n) is 9.14. The van der Waals surface area contributed by atoms with Crippen LogP contribution in [0, 0.1) is 36.4 Å². The molecule has 0 radical (unpaired) electrons. The van der Waals surface area contributed by atoms with Crippen LogP contribution in [-0.4, -0.2) is 71.1 Å². The van der Waals surface area contributed by atoms with Crippen LogP contribution in [0.25, 0.3) is 16.6 Å². The van der Waals surface area contributed by atoms with Crippen LogP contribution in [0.4, 0.5) is 4.39 Å². The topological polar surface area (TPSA) is 53.4 Å². The maximum absolute atomic E-state index is 14.3. The van der Waals surface area contributed by atoms with Gasteiger partial charge >= 0.3 is 0 Å². The lowest BCUT2D eigenvalue weighted by Crippen LogP contribution is -2.33. The average Bonchev–Trinajstić information content (AvgIpc) is 3.32. The summed E-state index contributed by atoms with van der Waals surface area (Å²) in [6, 6.07) is 4.54. The highest BCUT2D eigenvalue weighted by atomic mass is 19.1. The van der Waals surface area contributed by atoms with Crippen LogP contribution in [0.2, 0.25) is 0 Å². The molecule has 1 amide bonds. The number of pyridine rings is 1. The Labute approximate surface area is 218 Å². The number of carbonyl (C=O) groups excluding carboxylic acids is 1. The van der Waals surface area contributed by atoms with Gasteiger partial charge in [-0.25, -0.2) is 4.39 Å². The van der Waals surface area contributed by atoms with Crippen molar-refractivity contribution in [2.75, 3.05) is 39.8 Å². The molecule has 0 unspecified atom stereocenters. The highest BCUT2D eigenvalue weighted by molar-refractivity contribution is 5.99. The second-order valence-electron chi connectivity index (χ2n) is 11.8. The normalized spacial score (nSPS) is 25.2. The molecule has 6 rings (SSSR count). The van der Waals surface area contributed by atoms with Crippen LogP contribution in [-0.2, 0) is 6.42 Å². The molecule has 2 aromatic heterocycles. The van der Waals surface area contributed by atoms with Gasteiger partial charge in [0, 0.05) is 44.0 Å². The first-order valence-corrected chi connectivity index (χ1v) is 13.8. The van der Waals surface area contributed by atoms with Gasteiger partial charge in [-0.05, 0) is 106 Å². The van der Waals surface area contributed by atoms with Gasteiger partial charge in [-0.2, -0.15) is 0 Å². The van der Waals surface area contributed by atoms with Gasteiger partial charge in [0.1, 0.15) is 5.82 Å². The summed E-state index contributed by atoms with van der Waals surface area (Å²) in [7, 11) is 1.77. The average molecular weight is 504 g/mol. The summed E-state index contributed by atoms with van der Waals surface area (Å²) >= 11 is 0. The number of amides is 1. The molecule has 1 aromatic carbocycles. The van der Waals surface area contributed by atoms with Crippen LogP contribution in [0.3, 0.4) is 0 Å². The molecular formula is C30H38FN5O. The van der Waals surface area contributed by atoms with Gasteiger partial charge in [-0.3, -0.25) is 9.78 Å². The Bertz CT molecular complexity index is 1320. The monoisotopic (exact) mass is 503 g/mol. The minimum Gasteiger partial charge on any atom is -0.339 e. The molecule has 3 aromatic rings. The first-order valence-electron chi connectivity index (χ1n) is 13.8. The van der Waals surface area contributed by atoms with Gasteiger partial charge in [0.25, 0.3) is 5.91 Å². The Morgan fingerprint density at radius 1 is 1.24 bits per heavy atom. The minimum atomic E-state index is -0.406. The van der Waals surface area contributed by atoms with E-state index >= 15 is 0 Å². The number of hydrogen-bond acceptors (Lipinski definition) is 4. The SMILES string of the molecule is Cc1cncc2c1c(C[C@@H]1CCN(C[C@H]3[C@@H]4CNC[C@@H]43)C1)cn2-c1ccc(F)cc1C(=O)N(C)C(C)C. The highest BCUT2D eigenvalue weighted by Gasteiger charge is 2.53. The first kappa shape index (κ1) is 24.6. The van der Waals surface area contributed by atoms with Crippen molar-refractivity contribution in [1.29, 1.82) is 0 Å². The van der Waals surface area contributed by atoms with E-state index in [1.165, 1.54) is 55.7 Å². The number of aromatic nitrogens is 2. The zero-order valence-electron chi connectivity index (χ0n) is 22.4. The number of hydrogen-bond donors (Lipinski definition) is 1. The zero-order valence-corrected chi connectivity index (χ0v) is 22.4. The van der Waals surface area contributed by atoms with Gasteiger partial charge in [-0.1, -0.05) is 0 Å². The number of halogens is 1. The number of fused-ring (bicyclic) bond motifs is 2. The fourth-order valence-corrected chi connectivity index (χ4v) is 6.78. The van der Waals surface area contributed by atoms with Crippen LogP contribution in [0.5, 0.6) is 0 Å². The first-order chi connectivity index (χ1) is 17.8. The van der Waals surface area contributed by atoms with Crippen LogP contribution < -0.4 is 5.32 Å². The van der Waals surface area contributed by atoms with Gasteiger partial charge in [0.2, 0.25) is 0 Å². The summed E-state index contributed by atoms with van der Waals surface area (Å²) in [5, 5.41) is 4.72. The summed E-state index contributed by atoms with van der Waals surface area (Å²) in [4.78, 5) is 22.2. The molecule has 1 saturated carbocycles. The zero-order chi connectivity index (χ0) is 25.8. The number of benzene rings is 1.